The molecule has 0 bridgehead atoms. The van der Waals surface area contributed by atoms with Crippen LogP contribution in [0.3, 0.4) is 0 Å². The molecule has 19 heavy (non-hydrogen) atoms. The van der Waals surface area contributed by atoms with Crippen LogP contribution >= 0.6 is 0 Å². The molecule has 1 fully saturated rings. The number of nitrogens with zero attached hydrogens (tertiary/aromatic N) is 1. The lowest BCUT2D eigenvalue weighted by Crippen LogP contribution is -2.41. The Morgan fingerprint density at radius 2 is 1.84 bits per heavy atom. The first-order valence-corrected chi connectivity index (χ1v) is 6.31. The Balaban J connectivity index is 2.71. The number of aliphatic hydroxyl groups excluding tert-OH is 1. The van der Waals surface area contributed by atoms with Crippen LogP contribution in [-0.2, 0) is 9.59 Å². The van der Waals surface area contributed by atoms with Crippen LogP contribution in [0.25, 0.3) is 0 Å². The van der Waals surface area contributed by atoms with Crippen LogP contribution < -0.4 is 0 Å². The summed E-state index contributed by atoms with van der Waals surface area (Å²) in [5.41, 5.74) is -1.12. The number of halogens is 2. The van der Waals surface area contributed by atoms with Crippen LogP contribution in [0.4, 0.5) is 8.78 Å². The second-order valence-corrected chi connectivity index (χ2v) is 4.92. The molecule has 1 saturated carbocycles. The number of aliphatic carboxylic acids is 1. The van der Waals surface area contributed by atoms with Gasteiger partial charge in [-0.1, -0.05) is 12.8 Å². The zero-order valence-electron chi connectivity index (χ0n) is 10.6. The number of aliphatic hydroxyl groups is 1. The minimum absolute atomic E-state index is 0.196. The number of amides is 1. The molecule has 5 nitrogen and oxygen atoms in total. The van der Waals surface area contributed by atoms with Crippen molar-refractivity contribution in [2.24, 2.45) is 5.41 Å². The number of carboxylic acids is 1. The molecule has 0 aliphatic heterocycles. The Hall–Kier alpha value is -1.24. The molecule has 1 aliphatic carbocycles. The van der Waals surface area contributed by atoms with Crippen LogP contribution in [0.1, 0.15) is 32.1 Å². The molecule has 110 valence electrons. The molecule has 0 radical (unpaired) electrons. The molecule has 0 spiro atoms. The van der Waals surface area contributed by atoms with Gasteiger partial charge in [0.2, 0.25) is 5.91 Å². The number of hydrogen-bond acceptors (Lipinski definition) is 3. The molecular formula is C12H19F2NO4. The van der Waals surface area contributed by atoms with E-state index in [0.717, 1.165) is 17.7 Å². The van der Waals surface area contributed by atoms with Crippen molar-refractivity contribution in [2.45, 2.75) is 38.5 Å². The van der Waals surface area contributed by atoms with E-state index in [1.807, 2.05) is 0 Å². The minimum Gasteiger partial charge on any atom is -0.481 e. The molecule has 1 aliphatic rings. The topological polar surface area (TPSA) is 77.8 Å². The number of carboxylic acid groups (broad SMARTS) is 1. The molecule has 0 aromatic rings. The van der Waals surface area contributed by atoms with Gasteiger partial charge in [-0.3, -0.25) is 9.59 Å². The highest BCUT2D eigenvalue weighted by Crippen LogP contribution is 2.41. The van der Waals surface area contributed by atoms with Gasteiger partial charge >= 0.3 is 5.97 Å². The van der Waals surface area contributed by atoms with Crippen molar-refractivity contribution in [1.82, 2.24) is 4.90 Å². The first kappa shape index (κ1) is 15.8. The van der Waals surface area contributed by atoms with Gasteiger partial charge in [-0.05, 0) is 12.8 Å². The molecule has 0 heterocycles. The quantitative estimate of drug-likeness (QED) is 0.731. The molecule has 0 aromatic carbocycles. The minimum atomic E-state index is -2.69. The van der Waals surface area contributed by atoms with Crippen molar-refractivity contribution in [1.29, 1.82) is 0 Å². The van der Waals surface area contributed by atoms with E-state index in [1.165, 1.54) is 0 Å². The summed E-state index contributed by atoms with van der Waals surface area (Å²) in [6, 6.07) is 0. The summed E-state index contributed by atoms with van der Waals surface area (Å²) in [5, 5.41) is 18.0. The van der Waals surface area contributed by atoms with Gasteiger partial charge in [0.05, 0.1) is 18.6 Å². The lowest BCUT2D eigenvalue weighted by molar-refractivity contribution is -0.154. The predicted octanol–water partition coefficient (Wildman–Crippen LogP) is 1.11. The Morgan fingerprint density at radius 1 is 1.26 bits per heavy atom. The molecule has 0 saturated heterocycles. The van der Waals surface area contributed by atoms with E-state index < -0.39 is 36.9 Å². The van der Waals surface area contributed by atoms with Crippen LogP contribution in [0, 0.1) is 5.41 Å². The molecule has 2 N–H and O–H groups in total. The summed E-state index contributed by atoms with van der Waals surface area (Å²) in [5.74, 6) is -1.67. The highest BCUT2D eigenvalue weighted by Gasteiger charge is 2.43. The van der Waals surface area contributed by atoms with Gasteiger partial charge in [-0.25, -0.2) is 8.78 Å². The average Bonchev–Trinajstić information content (AvgIpc) is 2.77. The third kappa shape index (κ3) is 4.12. The molecular weight excluding hydrogens is 260 g/mol. The zero-order chi connectivity index (χ0) is 14.5. The first-order chi connectivity index (χ1) is 8.91. The Labute approximate surface area is 110 Å². The molecule has 0 unspecified atom stereocenters. The van der Waals surface area contributed by atoms with E-state index in [-0.39, 0.29) is 13.0 Å². The standard InChI is InChI=1S/C12H19F2NO4/c13-9(14)8-15(5-6-16)10(17)7-12(11(18)19)3-1-2-4-12/h9,16H,1-8H2,(H,18,19). The normalized spacial score (nSPS) is 17.7. The van der Waals surface area contributed by atoms with E-state index in [2.05, 4.69) is 0 Å². The second-order valence-electron chi connectivity index (χ2n) is 4.92. The predicted molar refractivity (Wildman–Crippen MR) is 62.8 cm³/mol. The zero-order valence-corrected chi connectivity index (χ0v) is 10.6. The van der Waals surface area contributed by atoms with Gasteiger partial charge < -0.3 is 15.1 Å². The van der Waals surface area contributed by atoms with E-state index >= 15 is 0 Å². The average molecular weight is 279 g/mol. The molecule has 0 aromatic heterocycles. The highest BCUT2D eigenvalue weighted by atomic mass is 19.3. The van der Waals surface area contributed by atoms with Gasteiger partial charge in [-0.2, -0.15) is 0 Å². The SMILES string of the molecule is O=C(CC1(C(=O)O)CCCC1)N(CCO)CC(F)F. The summed E-state index contributed by atoms with van der Waals surface area (Å²) in [6.45, 7) is -1.38. The van der Waals surface area contributed by atoms with Gasteiger partial charge in [0, 0.05) is 13.0 Å². The number of hydrogen-bond donors (Lipinski definition) is 2. The number of alkyl halides is 2. The third-order valence-electron chi connectivity index (χ3n) is 3.58. The summed E-state index contributed by atoms with van der Waals surface area (Å²) >= 11 is 0. The molecule has 0 atom stereocenters. The van der Waals surface area contributed by atoms with Gasteiger partial charge in [0.15, 0.2) is 0 Å². The molecule has 7 heteroatoms. The fourth-order valence-electron chi connectivity index (χ4n) is 2.52. The van der Waals surface area contributed by atoms with E-state index in [4.69, 9.17) is 5.11 Å². The van der Waals surface area contributed by atoms with Crippen LogP contribution in [-0.4, -0.2) is 53.1 Å². The van der Waals surface area contributed by atoms with Gasteiger partial charge in [0.1, 0.15) is 0 Å². The lowest BCUT2D eigenvalue weighted by Gasteiger charge is -2.28. The van der Waals surface area contributed by atoms with Crippen LogP contribution in [0.2, 0.25) is 0 Å². The fraction of sp³-hybridized carbons (Fsp3) is 0.833. The Morgan fingerprint density at radius 3 is 2.26 bits per heavy atom. The van der Waals surface area contributed by atoms with E-state index in [0.29, 0.717) is 12.8 Å². The van der Waals surface area contributed by atoms with Crippen molar-refractivity contribution in [3.8, 4) is 0 Å². The van der Waals surface area contributed by atoms with Crippen molar-refractivity contribution in [3.63, 3.8) is 0 Å². The number of carbonyl (C=O) groups excluding carboxylic acids is 1. The van der Waals surface area contributed by atoms with Crippen molar-refractivity contribution < 1.29 is 28.6 Å². The number of carbonyl (C=O) groups is 2. The molecule has 1 amide bonds. The smallest absolute Gasteiger partial charge is 0.310 e. The van der Waals surface area contributed by atoms with Crippen LogP contribution in [0.5, 0.6) is 0 Å². The lowest BCUT2D eigenvalue weighted by atomic mass is 9.82. The summed E-state index contributed by atoms with van der Waals surface area (Å²) in [4.78, 5) is 24.1. The summed E-state index contributed by atoms with van der Waals surface area (Å²) < 4.78 is 24.7. The summed E-state index contributed by atoms with van der Waals surface area (Å²) in [7, 11) is 0. The fourth-order valence-corrected chi connectivity index (χ4v) is 2.52. The Bertz CT molecular complexity index is 330. The van der Waals surface area contributed by atoms with Crippen LogP contribution in [0.15, 0.2) is 0 Å². The maximum Gasteiger partial charge on any atom is 0.310 e. The van der Waals surface area contributed by atoms with Crippen molar-refractivity contribution in [3.05, 3.63) is 0 Å². The first-order valence-electron chi connectivity index (χ1n) is 6.31. The maximum absolute atomic E-state index is 12.3. The maximum atomic E-state index is 12.3. The van der Waals surface area contributed by atoms with Crippen molar-refractivity contribution >= 4 is 11.9 Å². The van der Waals surface area contributed by atoms with Crippen molar-refractivity contribution in [2.75, 3.05) is 19.7 Å². The Kier molecular flexibility index (Phi) is 5.65. The monoisotopic (exact) mass is 279 g/mol. The van der Waals surface area contributed by atoms with E-state index in [1.54, 1.807) is 0 Å². The van der Waals surface area contributed by atoms with Gasteiger partial charge in [0.25, 0.3) is 6.43 Å². The third-order valence-corrected chi connectivity index (χ3v) is 3.58. The largest absolute Gasteiger partial charge is 0.481 e. The van der Waals surface area contributed by atoms with E-state index in [9.17, 15) is 23.5 Å². The summed E-state index contributed by atoms with van der Waals surface area (Å²) in [6.07, 6.45) is -0.705. The molecule has 1 rings (SSSR count). The number of rotatable bonds is 7. The second kappa shape index (κ2) is 6.79. The van der Waals surface area contributed by atoms with Gasteiger partial charge in [-0.15, -0.1) is 0 Å². The highest BCUT2D eigenvalue weighted by molar-refractivity contribution is 5.85.